The molecule has 136 valence electrons. The van der Waals surface area contributed by atoms with Crippen molar-refractivity contribution in [2.24, 2.45) is 4.99 Å². The molecule has 0 amide bonds. The number of hydrogen-bond donors (Lipinski definition) is 0. The third kappa shape index (κ3) is 3.38. The van der Waals surface area contributed by atoms with Gasteiger partial charge < -0.3 is 9.64 Å². The molecule has 0 unspecified atom stereocenters. The highest BCUT2D eigenvalue weighted by Crippen LogP contribution is 2.37. The Hall–Kier alpha value is -2.21. The molecule has 4 rings (SSSR count). The van der Waals surface area contributed by atoms with E-state index in [1.165, 1.54) is 16.9 Å². The first-order valence-corrected chi connectivity index (χ1v) is 10.0. The van der Waals surface area contributed by atoms with E-state index in [1.807, 2.05) is 25.1 Å². The Kier molecular flexibility index (Phi) is 4.76. The number of Topliss-reactive ketones (excluding diaryl/α,β-unsaturated/α-hetero) is 1. The number of aromatic nitrogens is 1. The summed E-state index contributed by atoms with van der Waals surface area (Å²) in [5.74, 6) is 1.76. The highest BCUT2D eigenvalue weighted by atomic mass is 32.1. The van der Waals surface area contributed by atoms with Crippen LogP contribution in [0.15, 0.2) is 29.3 Å². The lowest BCUT2D eigenvalue weighted by Crippen LogP contribution is -2.38. The van der Waals surface area contributed by atoms with Gasteiger partial charge in [-0.15, -0.1) is 0 Å². The van der Waals surface area contributed by atoms with Crippen LogP contribution in [0.1, 0.15) is 47.8 Å². The Balaban J connectivity index is 1.42. The molecular weight excluding hydrogens is 346 g/mol. The van der Waals surface area contributed by atoms with Gasteiger partial charge in [-0.2, -0.15) is 4.98 Å². The summed E-state index contributed by atoms with van der Waals surface area (Å²) in [5.41, 5.74) is 2.11. The van der Waals surface area contributed by atoms with Crippen molar-refractivity contribution >= 4 is 33.8 Å². The average molecular weight is 369 g/mol. The van der Waals surface area contributed by atoms with Gasteiger partial charge in [0.15, 0.2) is 16.7 Å². The van der Waals surface area contributed by atoms with Crippen LogP contribution in [0.5, 0.6) is 5.75 Å². The number of thiazole rings is 1. The number of fused-ring (bicyclic) bond motifs is 1. The van der Waals surface area contributed by atoms with E-state index in [2.05, 4.69) is 27.9 Å². The van der Waals surface area contributed by atoms with Crippen LogP contribution in [-0.4, -0.2) is 35.7 Å². The van der Waals surface area contributed by atoms with E-state index in [1.54, 1.807) is 0 Å². The van der Waals surface area contributed by atoms with Crippen molar-refractivity contribution in [3.05, 3.63) is 34.7 Å². The zero-order chi connectivity index (χ0) is 18.1. The summed E-state index contributed by atoms with van der Waals surface area (Å²) in [6.45, 7) is 5.89. The fourth-order valence-electron chi connectivity index (χ4n) is 3.39. The van der Waals surface area contributed by atoms with E-state index in [0.717, 1.165) is 53.8 Å². The summed E-state index contributed by atoms with van der Waals surface area (Å²) in [6.07, 6.45) is 3.39. The normalized spacial score (nSPS) is 17.8. The van der Waals surface area contributed by atoms with Gasteiger partial charge in [0, 0.05) is 31.6 Å². The molecule has 0 bridgehead atoms. The smallest absolute Gasteiger partial charge is 0.188 e. The van der Waals surface area contributed by atoms with E-state index in [0.29, 0.717) is 12.2 Å². The number of nitrogens with zero attached hydrogens (tertiary/aromatic N) is 3. The second-order valence-corrected chi connectivity index (χ2v) is 7.83. The number of aryl methyl sites for hydroxylation is 1. The van der Waals surface area contributed by atoms with E-state index in [-0.39, 0.29) is 11.9 Å². The largest absolute Gasteiger partial charge is 0.490 e. The molecule has 1 saturated heterocycles. The Morgan fingerprint density at radius 2 is 2.04 bits per heavy atom. The van der Waals surface area contributed by atoms with Crippen LogP contribution >= 0.6 is 11.3 Å². The number of rotatable bonds is 4. The van der Waals surface area contributed by atoms with E-state index < -0.39 is 0 Å². The zero-order valence-electron chi connectivity index (χ0n) is 15.2. The molecule has 0 atom stereocenters. The number of para-hydroxylation sites is 1. The second-order valence-electron chi connectivity index (χ2n) is 6.85. The highest BCUT2D eigenvalue weighted by molar-refractivity contribution is 7.18. The Morgan fingerprint density at radius 1 is 1.27 bits per heavy atom. The van der Waals surface area contributed by atoms with Gasteiger partial charge in [0.25, 0.3) is 0 Å². The molecule has 5 nitrogen and oxygen atoms in total. The lowest BCUT2D eigenvalue weighted by molar-refractivity contribution is 0.100. The van der Waals surface area contributed by atoms with Gasteiger partial charge in [0.2, 0.25) is 0 Å². The van der Waals surface area contributed by atoms with Crippen molar-refractivity contribution in [1.29, 1.82) is 0 Å². The predicted octanol–water partition coefficient (Wildman–Crippen LogP) is 4.57. The average Bonchev–Trinajstić information content (AvgIpc) is 3.09. The topological polar surface area (TPSA) is 54.8 Å². The third-order valence-electron chi connectivity index (χ3n) is 4.99. The molecule has 2 aliphatic heterocycles. The molecule has 1 fully saturated rings. The van der Waals surface area contributed by atoms with Gasteiger partial charge in [0.1, 0.15) is 16.7 Å². The van der Waals surface area contributed by atoms with Crippen molar-refractivity contribution in [1.82, 2.24) is 4.98 Å². The lowest BCUT2D eigenvalue weighted by atomic mass is 10.1. The van der Waals surface area contributed by atoms with Crippen LogP contribution in [-0.2, 0) is 0 Å². The number of ketones is 1. The molecule has 0 saturated carbocycles. The molecule has 0 spiro atoms. The quantitative estimate of drug-likeness (QED) is 0.792. The van der Waals surface area contributed by atoms with Gasteiger partial charge in [-0.3, -0.25) is 4.79 Å². The standard InChI is InChI=1S/C20H23N3O2S/c1-3-14-12-16(24)18-19(21-14)22-20(26-18)23-10-8-15(9-11-23)25-17-7-5-4-6-13(17)2/h4-7,15H,3,8-12H2,1-2H3. The molecular formula is C20H23N3O2S. The fraction of sp³-hybridized carbons (Fsp3) is 0.450. The minimum absolute atomic E-state index is 0.161. The first-order valence-electron chi connectivity index (χ1n) is 9.21. The van der Waals surface area contributed by atoms with Crippen LogP contribution in [0, 0.1) is 6.92 Å². The first-order chi connectivity index (χ1) is 12.6. The van der Waals surface area contributed by atoms with Crippen LogP contribution in [0.3, 0.4) is 0 Å². The molecule has 0 N–H and O–H groups in total. The number of anilines is 1. The maximum atomic E-state index is 12.3. The number of hydrogen-bond acceptors (Lipinski definition) is 6. The molecule has 2 aliphatic rings. The minimum Gasteiger partial charge on any atom is -0.490 e. The molecule has 0 radical (unpaired) electrons. The van der Waals surface area contributed by atoms with Crippen molar-refractivity contribution in [3.8, 4) is 5.75 Å². The second kappa shape index (κ2) is 7.19. The van der Waals surface area contributed by atoms with Crippen LogP contribution < -0.4 is 9.64 Å². The van der Waals surface area contributed by atoms with Crippen molar-refractivity contribution in [2.75, 3.05) is 18.0 Å². The van der Waals surface area contributed by atoms with Gasteiger partial charge in [-0.05, 0) is 25.0 Å². The summed E-state index contributed by atoms with van der Waals surface area (Å²) < 4.78 is 6.18. The Morgan fingerprint density at radius 3 is 2.77 bits per heavy atom. The minimum atomic E-state index is 0.161. The van der Waals surface area contributed by atoms with Crippen molar-refractivity contribution in [2.45, 2.75) is 45.6 Å². The number of piperidine rings is 1. The summed E-state index contributed by atoms with van der Waals surface area (Å²) in [4.78, 5) is 24.5. The molecule has 6 heteroatoms. The number of carbonyl (C=O) groups excluding carboxylic acids is 1. The van der Waals surface area contributed by atoms with E-state index in [9.17, 15) is 4.79 Å². The number of aliphatic imine (C=N–C) groups is 1. The van der Waals surface area contributed by atoms with Gasteiger partial charge in [-0.25, -0.2) is 4.99 Å². The highest BCUT2D eigenvalue weighted by Gasteiger charge is 2.28. The number of carbonyl (C=O) groups is 1. The maximum Gasteiger partial charge on any atom is 0.188 e. The summed E-state index contributed by atoms with van der Waals surface area (Å²) in [7, 11) is 0. The van der Waals surface area contributed by atoms with Crippen LogP contribution in [0.2, 0.25) is 0 Å². The monoisotopic (exact) mass is 369 g/mol. The molecule has 2 aromatic rings. The molecule has 3 heterocycles. The Bertz CT molecular complexity index is 850. The molecule has 0 aliphatic carbocycles. The van der Waals surface area contributed by atoms with Crippen LogP contribution in [0.4, 0.5) is 10.9 Å². The van der Waals surface area contributed by atoms with Gasteiger partial charge in [0.05, 0.1) is 6.42 Å². The SMILES string of the molecule is CCC1=Nc2nc(N3CCC(Oc4ccccc4C)CC3)sc2C(=O)C1. The molecule has 1 aromatic heterocycles. The van der Waals surface area contributed by atoms with E-state index in [4.69, 9.17) is 4.74 Å². The first kappa shape index (κ1) is 17.2. The summed E-state index contributed by atoms with van der Waals surface area (Å²) in [6, 6.07) is 8.15. The fourth-order valence-corrected chi connectivity index (χ4v) is 4.38. The van der Waals surface area contributed by atoms with Gasteiger partial charge >= 0.3 is 0 Å². The summed E-state index contributed by atoms with van der Waals surface area (Å²) in [5, 5.41) is 0.916. The molecule has 1 aromatic carbocycles. The van der Waals surface area contributed by atoms with Crippen molar-refractivity contribution < 1.29 is 9.53 Å². The summed E-state index contributed by atoms with van der Waals surface area (Å²) >= 11 is 1.49. The third-order valence-corrected chi connectivity index (χ3v) is 6.13. The Labute approximate surface area is 157 Å². The van der Waals surface area contributed by atoms with Crippen molar-refractivity contribution in [3.63, 3.8) is 0 Å². The van der Waals surface area contributed by atoms with E-state index >= 15 is 0 Å². The predicted molar refractivity (Wildman–Crippen MR) is 105 cm³/mol. The number of ether oxygens (including phenoxy) is 1. The zero-order valence-corrected chi connectivity index (χ0v) is 16.0. The van der Waals surface area contributed by atoms with Crippen LogP contribution in [0.25, 0.3) is 0 Å². The molecule has 26 heavy (non-hydrogen) atoms. The maximum absolute atomic E-state index is 12.3. The number of benzene rings is 1. The lowest BCUT2D eigenvalue weighted by Gasteiger charge is -2.32. The van der Waals surface area contributed by atoms with Gasteiger partial charge in [-0.1, -0.05) is 36.5 Å².